The summed E-state index contributed by atoms with van der Waals surface area (Å²) in [7, 11) is 0. The van der Waals surface area contributed by atoms with Gasteiger partial charge >= 0.3 is 0 Å². The molecule has 23 heavy (non-hydrogen) atoms. The van der Waals surface area contributed by atoms with E-state index in [0.29, 0.717) is 12.5 Å². The fourth-order valence-electron chi connectivity index (χ4n) is 2.21. The fourth-order valence-corrected chi connectivity index (χ4v) is 2.21. The maximum Gasteiger partial charge on any atom is 0.238 e. The number of hydrogen-bond acceptors (Lipinski definition) is 3. The molecule has 1 aromatic carbocycles. The van der Waals surface area contributed by atoms with Crippen molar-refractivity contribution >= 4 is 17.5 Å². The van der Waals surface area contributed by atoms with Gasteiger partial charge in [-0.05, 0) is 37.4 Å². The van der Waals surface area contributed by atoms with E-state index in [1.807, 2.05) is 43.0 Å². The summed E-state index contributed by atoms with van der Waals surface area (Å²) in [6, 6.07) is 7.67. The lowest BCUT2D eigenvalue weighted by molar-refractivity contribution is -0.123. The quantitative estimate of drug-likeness (QED) is 0.735. The minimum atomic E-state index is -0.0931. The first-order valence-electron chi connectivity index (χ1n) is 8.26. The first-order valence-corrected chi connectivity index (χ1v) is 8.26. The van der Waals surface area contributed by atoms with Crippen molar-refractivity contribution in [3.63, 3.8) is 0 Å². The molecule has 0 fully saturated rings. The Morgan fingerprint density at radius 1 is 1.13 bits per heavy atom. The van der Waals surface area contributed by atoms with Crippen LogP contribution >= 0.6 is 0 Å². The number of rotatable bonds is 9. The molecular weight excluding hydrogens is 290 g/mol. The number of anilines is 1. The lowest BCUT2D eigenvalue weighted by Gasteiger charge is -2.21. The molecule has 5 heteroatoms. The third kappa shape index (κ3) is 7.79. The summed E-state index contributed by atoms with van der Waals surface area (Å²) in [5, 5.41) is 5.80. The number of benzene rings is 1. The maximum absolute atomic E-state index is 12.2. The average Bonchev–Trinajstić information content (AvgIpc) is 2.47. The van der Waals surface area contributed by atoms with E-state index in [0.717, 1.165) is 24.2 Å². The highest BCUT2D eigenvalue weighted by atomic mass is 16.2. The Balaban J connectivity index is 2.52. The van der Waals surface area contributed by atoms with Crippen LogP contribution in [-0.4, -0.2) is 42.9 Å². The molecule has 0 aromatic heterocycles. The zero-order chi connectivity index (χ0) is 17.2. The zero-order valence-electron chi connectivity index (χ0n) is 14.7. The number of carbonyl (C=O) groups excluding carboxylic acids is 2. The molecule has 0 heterocycles. The molecule has 0 atom stereocenters. The third-order valence-electron chi connectivity index (χ3n) is 3.40. The summed E-state index contributed by atoms with van der Waals surface area (Å²) in [4.78, 5) is 26.0. The summed E-state index contributed by atoms with van der Waals surface area (Å²) in [6.07, 6.45) is 0.898. The van der Waals surface area contributed by atoms with E-state index >= 15 is 0 Å². The second-order valence-electron chi connectivity index (χ2n) is 6.27. The van der Waals surface area contributed by atoms with E-state index in [-0.39, 0.29) is 24.9 Å². The first-order chi connectivity index (χ1) is 10.9. The van der Waals surface area contributed by atoms with Gasteiger partial charge in [0.15, 0.2) is 0 Å². The molecule has 0 radical (unpaired) electrons. The summed E-state index contributed by atoms with van der Waals surface area (Å²) >= 11 is 0. The Morgan fingerprint density at radius 3 is 2.39 bits per heavy atom. The van der Waals surface area contributed by atoms with Gasteiger partial charge in [-0.25, -0.2) is 0 Å². The minimum absolute atomic E-state index is 0.0316. The van der Waals surface area contributed by atoms with Crippen molar-refractivity contribution in [2.75, 3.05) is 31.5 Å². The second-order valence-corrected chi connectivity index (χ2v) is 6.27. The summed E-state index contributed by atoms with van der Waals surface area (Å²) in [6.45, 7) is 9.96. The largest absolute Gasteiger partial charge is 0.355 e. The standard InChI is InChI=1S/C18H29N3O2/c1-5-10-21(12-17(22)19-11-14(2)3)13-18(23)20-16-9-7-6-8-15(16)4/h6-9,14H,5,10-13H2,1-4H3,(H,19,22)(H,20,23). The lowest BCUT2D eigenvalue weighted by Crippen LogP contribution is -2.42. The van der Waals surface area contributed by atoms with Crippen molar-refractivity contribution in [2.24, 2.45) is 5.92 Å². The fraction of sp³-hybridized carbons (Fsp3) is 0.556. The number of hydrogen-bond donors (Lipinski definition) is 2. The number of para-hydroxylation sites is 1. The SMILES string of the molecule is CCCN(CC(=O)NCC(C)C)CC(=O)Nc1ccccc1C. The molecule has 0 aliphatic carbocycles. The van der Waals surface area contributed by atoms with Crippen molar-refractivity contribution in [3.8, 4) is 0 Å². The molecule has 2 amide bonds. The van der Waals surface area contributed by atoms with Crippen LogP contribution in [0.4, 0.5) is 5.69 Å². The van der Waals surface area contributed by atoms with Crippen LogP contribution in [0.3, 0.4) is 0 Å². The minimum Gasteiger partial charge on any atom is -0.355 e. The van der Waals surface area contributed by atoms with E-state index in [9.17, 15) is 9.59 Å². The molecule has 0 unspecified atom stereocenters. The molecule has 0 aliphatic rings. The number of amides is 2. The number of aryl methyl sites for hydroxylation is 1. The number of carbonyl (C=O) groups is 2. The topological polar surface area (TPSA) is 61.4 Å². The van der Waals surface area contributed by atoms with Gasteiger partial charge in [0.25, 0.3) is 0 Å². The van der Waals surface area contributed by atoms with Crippen LogP contribution in [0.1, 0.15) is 32.8 Å². The van der Waals surface area contributed by atoms with Gasteiger partial charge in [-0.15, -0.1) is 0 Å². The first kappa shape index (κ1) is 19.2. The van der Waals surface area contributed by atoms with E-state index in [1.165, 1.54) is 0 Å². The smallest absolute Gasteiger partial charge is 0.238 e. The van der Waals surface area contributed by atoms with Crippen LogP contribution in [0.5, 0.6) is 0 Å². The van der Waals surface area contributed by atoms with E-state index < -0.39 is 0 Å². The Labute approximate surface area is 139 Å². The molecule has 1 aromatic rings. The van der Waals surface area contributed by atoms with Crippen molar-refractivity contribution in [2.45, 2.75) is 34.1 Å². The Hall–Kier alpha value is -1.88. The van der Waals surface area contributed by atoms with Gasteiger partial charge < -0.3 is 10.6 Å². The molecule has 5 nitrogen and oxygen atoms in total. The monoisotopic (exact) mass is 319 g/mol. The predicted octanol–water partition coefficient (Wildman–Crippen LogP) is 2.42. The van der Waals surface area contributed by atoms with Crippen molar-refractivity contribution in [1.29, 1.82) is 0 Å². The highest BCUT2D eigenvalue weighted by molar-refractivity contribution is 5.93. The van der Waals surface area contributed by atoms with Gasteiger partial charge in [-0.2, -0.15) is 0 Å². The van der Waals surface area contributed by atoms with Gasteiger partial charge in [0.2, 0.25) is 11.8 Å². The normalized spacial score (nSPS) is 10.9. The molecule has 0 aliphatic heterocycles. The Morgan fingerprint density at radius 2 is 1.78 bits per heavy atom. The van der Waals surface area contributed by atoms with E-state index in [4.69, 9.17) is 0 Å². The molecule has 2 N–H and O–H groups in total. The van der Waals surface area contributed by atoms with Crippen LogP contribution in [-0.2, 0) is 9.59 Å². The summed E-state index contributed by atoms with van der Waals surface area (Å²) < 4.78 is 0. The maximum atomic E-state index is 12.2. The van der Waals surface area contributed by atoms with E-state index in [2.05, 4.69) is 24.5 Å². The van der Waals surface area contributed by atoms with Gasteiger partial charge in [0, 0.05) is 12.2 Å². The van der Waals surface area contributed by atoms with Crippen molar-refractivity contribution < 1.29 is 9.59 Å². The van der Waals surface area contributed by atoms with Crippen LogP contribution in [0.2, 0.25) is 0 Å². The second kappa shape index (κ2) is 10.0. The zero-order valence-corrected chi connectivity index (χ0v) is 14.7. The molecule has 1 rings (SSSR count). The molecular formula is C18H29N3O2. The van der Waals surface area contributed by atoms with Crippen molar-refractivity contribution in [3.05, 3.63) is 29.8 Å². The average molecular weight is 319 g/mol. The highest BCUT2D eigenvalue weighted by Crippen LogP contribution is 2.12. The van der Waals surface area contributed by atoms with Gasteiger partial charge in [-0.3, -0.25) is 14.5 Å². The highest BCUT2D eigenvalue weighted by Gasteiger charge is 2.14. The molecule has 128 valence electrons. The van der Waals surface area contributed by atoms with Gasteiger partial charge in [0.05, 0.1) is 13.1 Å². The predicted molar refractivity (Wildman–Crippen MR) is 94.4 cm³/mol. The Kier molecular flexibility index (Phi) is 8.33. The molecule has 0 spiro atoms. The third-order valence-corrected chi connectivity index (χ3v) is 3.40. The lowest BCUT2D eigenvalue weighted by atomic mass is 10.2. The number of nitrogens with one attached hydrogen (secondary N) is 2. The van der Waals surface area contributed by atoms with Crippen LogP contribution in [0.15, 0.2) is 24.3 Å². The molecule has 0 bridgehead atoms. The van der Waals surface area contributed by atoms with Crippen LogP contribution < -0.4 is 10.6 Å². The van der Waals surface area contributed by atoms with E-state index in [1.54, 1.807) is 0 Å². The molecule has 0 saturated carbocycles. The molecule has 0 saturated heterocycles. The van der Waals surface area contributed by atoms with Gasteiger partial charge in [-0.1, -0.05) is 39.0 Å². The number of nitrogens with zero attached hydrogens (tertiary/aromatic N) is 1. The Bertz CT molecular complexity index is 515. The van der Waals surface area contributed by atoms with Crippen LogP contribution in [0.25, 0.3) is 0 Å². The van der Waals surface area contributed by atoms with Crippen molar-refractivity contribution in [1.82, 2.24) is 10.2 Å². The summed E-state index contributed by atoms with van der Waals surface area (Å²) in [5.74, 6) is 0.295. The summed E-state index contributed by atoms with van der Waals surface area (Å²) in [5.41, 5.74) is 1.84. The van der Waals surface area contributed by atoms with Gasteiger partial charge in [0.1, 0.15) is 0 Å². The van der Waals surface area contributed by atoms with Crippen LogP contribution in [0, 0.1) is 12.8 Å².